The van der Waals surface area contributed by atoms with Gasteiger partial charge in [0.1, 0.15) is 0 Å². The standard InChI is InChI=1S/C15H19BrN2O3/c16-12-6-4-11(5-7-12)15(21)17-10-14(20)18(8-9-19)13-2-1-3-13/h4-7,13,19H,1-3,8-10H2,(H,17,21). The SMILES string of the molecule is O=C(NCC(=O)N(CCO)C1CCC1)c1ccc(Br)cc1. The van der Waals surface area contributed by atoms with Crippen LogP contribution in [0.4, 0.5) is 0 Å². The molecule has 2 N–H and O–H groups in total. The van der Waals surface area contributed by atoms with Crippen LogP contribution in [0.2, 0.25) is 0 Å². The first-order valence-corrected chi connectivity index (χ1v) is 7.85. The molecule has 2 rings (SSSR count). The molecule has 0 atom stereocenters. The minimum atomic E-state index is -0.270. The van der Waals surface area contributed by atoms with Gasteiger partial charge < -0.3 is 15.3 Å². The normalized spacial score (nSPS) is 14.4. The van der Waals surface area contributed by atoms with Crippen molar-refractivity contribution in [3.8, 4) is 0 Å². The van der Waals surface area contributed by atoms with Crippen LogP contribution in [0.5, 0.6) is 0 Å². The fourth-order valence-electron chi connectivity index (χ4n) is 2.28. The predicted octanol–water partition coefficient (Wildman–Crippen LogP) is 1.55. The maximum Gasteiger partial charge on any atom is 0.251 e. The Balaban J connectivity index is 1.87. The summed E-state index contributed by atoms with van der Waals surface area (Å²) < 4.78 is 0.897. The third-order valence-electron chi connectivity index (χ3n) is 3.68. The van der Waals surface area contributed by atoms with Gasteiger partial charge in [0.25, 0.3) is 5.91 Å². The maximum atomic E-state index is 12.1. The lowest BCUT2D eigenvalue weighted by Crippen LogP contribution is -2.49. The molecule has 1 aliphatic carbocycles. The Morgan fingerprint density at radius 2 is 1.95 bits per heavy atom. The average Bonchev–Trinajstić information content (AvgIpc) is 2.43. The molecular formula is C15H19BrN2O3. The lowest BCUT2D eigenvalue weighted by Gasteiger charge is -2.37. The van der Waals surface area contributed by atoms with Gasteiger partial charge in [-0.05, 0) is 43.5 Å². The molecule has 114 valence electrons. The van der Waals surface area contributed by atoms with Crippen LogP contribution in [0.15, 0.2) is 28.7 Å². The van der Waals surface area contributed by atoms with E-state index in [4.69, 9.17) is 5.11 Å². The summed E-state index contributed by atoms with van der Waals surface area (Å²) in [5.74, 6) is -0.410. The number of aliphatic hydroxyl groups excluding tert-OH is 1. The first-order chi connectivity index (χ1) is 10.1. The van der Waals surface area contributed by atoms with Crippen LogP contribution in [0.1, 0.15) is 29.6 Å². The van der Waals surface area contributed by atoms with Crippen molar-refractivity contribution in [1.29, 1.82) is 0 Å². The molecule has 21 heavy (non-hydrogen) atoms. The van der Waals surface area contributed by atoms with E-state index in [1.165, 1.54) is 0 Å². The minimum absolute atomic E-state index is 0.0363. The van der Waals surface area contributed by atoms with E-state index in [0.29, 0.717) is 12.1 Å². The van der Waals surface area contributed by atoms with Gasteiger partial charge in [0.05, 0.1) is 13.2 Å². The Labute approximate surface area is 132 Å². The summed E-state index contributed by atoms with van der Waals surface area (Å²) in [7, 11) is 0. The number of hydrogen-bond donors (Lipinski definition) is 2. The summed E-state index contributed by atoms with van der Waals surface area (Å²) in [4.78, 5) is 25.8. The highest BCUT2D eigenvalue weighted by Gasteiger charge is 2.28. The zero-order valence-electron chi connectivity index (χ0n) is 11.7. The quantitative estimate of drug-likeness (QED) is 0.814. The summed E-state index contributed by atoms with van der Waals surface area (Å²) in [5, 5.41) is 11.7. The van der Waals surface area contributed by atoms with Gasteiger partial charge in [-0.25, -0.2) is 0 Å². The molecule has 6 heteroatoms. The van der Waals surface area contributed by atoms with Crippen molar-refractivity contribution in [1.82, 2.24) is 10.2 Å². The Kier molecular flexibility index (Phi) is 5.76. The molecule has 0 aromatic heterocycles. The summed E-state index contributed by atoms with van der Waals surface area (Å²) in [6.45, 7) is 0.242. The number of carbonyl (C=O) groups excluding carboxylic acids is 2. The molecule has 1 saturated carbocycles. The Morgan fingerprint density at radius 3 is 2.48 bits per heavy atom. The number of amides is 2. The van der Waals surface area contributed by atoms with E-state index in [1.54, 1.807) is 29.2 Å². The van der Waals surface area contributed by atoms with E-state index < -0.39 is 0 Å². The fraction of sp³-hybridized carbons (Fsp3) is 0.467. The van der Waals surface area contributed by atoms with Crippen LogP contribution >= 0.6 is 15.9 Å². The van der Waals surface area contributed by atoms with Gasteiger partial charge in [0, 0.05) is 22.6 Å². The van der Waals surface area contributed by atoms with Crippen molar-refractivity contribution in [2.24, 2.45) is 0 Å². The second-order valence-electron chi connectivity index (χ2n) is 5.09. The molecule has 1 aliphatic rings. The second kappa shape index (κ2) is 7.56. The van der Waals surface area contributed by atoms with Crippen molar-refractivity contribution >= 4 is 27.7 Å². The number of nitrogens with one attached hydrogen (secondary N) is 1. The van der Waals surface area contributed by atoms with Gasteiger partial charge in [0.15, 0.2) is 0 Å². The molecule has 0 unspecified atom stereocenters. The number of nitrogens with zero attached hydrogens (tertiary/aromatic N) is 1. The number of hydrogen-bond acceptors (Lipinski definition) is 3. The smallest absolute Gasteiger partial charge is 0.251 e. The molecule has 0 aliphatic heterocycles. The highest BCUT2D eigenvalue weighted by Crippen LogP contribution is 2.24. The number of aliphatic hydroxyl groups is 1. The molecule has 0 saturated heterocycles. The minimum Gasteiger partial charge on any atom is -0.395 e. The summed E-state index contributed by atoms with van der Waals surface area (Å²) in [6.07, 6.45) is 3.07. The molecule has 0 bridgehead atoms. The third kappa shape index (κ3) is 4.28. The molecule has 1 fully saturated rings. The zero-order chi connectivity index (χ0) is 15.2. The van der Waals surface area contributed by atoms with E-state index in [2.05, 4.69) is 21.2 Å². The van der Waals surface area contributed by atoms with Gasteiger partial charge in [-0.15, -0.1) is 0 Å². The van der Waals surface area contributed by atoms with Crippen LogP contribution in [0.25, 0.3) is 0 Å². The summed E-state index contributed by atoms with van der Waals surface area (Å²) in [6, 6.07) is 7.17. The van der Waals surface area contributed by atoms with Crippen molar-refractivity contribution in [2.45, 2.75) is 25.3 Å². The summed E-state index contributed by atoms with van der Waals surface area (Å²) >= 11 is 3.31. The fourth-order valence-corrected chi connectivity index (χ4v) is 2.54. The molecule has 0 radical (unpaired) electrons. The number of benzene rings is 1. The van der Waals surface area contributed by atoms with Crippen LogP contribution in [0.3, 0.4) is 0 Å². The van der Waals surface area contributed by atoms with Gasteiger partial charge >= 0.3 is 0 Å². The van der Waals surface area contributed by atoms with E-state index >= 15 is 0 Å². The van der Waals surface area contributed by atoms with Gasteiger partial charge in [-0.1, -0.05) is 15.9 Å². The Bertz CT molecular complexity index is 500. The van der Waals surface area contributed by atoms with Crippen LogP contribution in [-0.2, 0) is 4.79 Å². The van der Waals surface area contributed by atoms with Gasteiger partial charge in [0.2, 0.25) is 5.91 Å². The van der Waals surface area contributed by atoms with E-state index in [9.17, 15) is 9.59 Å². The lowest BCUT2D eigenvalue weighted by atomic mass is 9.91. The Morgan fingerprint density at radius 1 is 1.29 bits per heavy atom. The van der Waals surface area contributed by atoms with Crippen molar-refractivity contribution in [3.05, 3.63) is 34.3 Å². The number of carbonyl (C=O) groups is 2. The summed E-state index contributed by atoms with van der Waals surface area (Å²) in [5.41, 5.74) is 0.517. The van der Waals surface area contributed by atoms with Crippen LogP contribution < -0.4 is 5.32 Å². The Hall–Kier alpha value is -1.40. The average molecular weight is 355 g/mol. The molecular weight excluding hydrogens is 336 g/mol. The first-order valence-electron chi connectivity index (χ1n) is 7.06. The highest BCUT2D eigenvalue weighted by molar-refractivity contribution is 9.10. The van der Waals surface area contributed by atoms with Crippen molar-refractivity contribution in [3.63, 3.8) is 0 Å². The van der Waals surface area contributed by atoms with Crippen LogP contribution in [0, 0.1) is 0 Å². The maximum absolute atomic E-state index is 12.1. The van der Waals surface area contributed by atoms with Crippen LogP contribution in [-0.4, -0.2) is 47.6 Å². The van der Waals surface area contributed by atoms with E-state index in [0.717, 1.165) is 23.7 Å². The van der Waals surface area contributed by atoms with Gasteiger partial charge in [-0.3, -0.25) is 9.59 Å². The predicted molar refractivity (Wildman–Crippen MR) is 82.9 cm³/mol. The molecule has 0 spiro atoms. The lowest BCUT2D eigenvalue weighted by molar-refractivity contribution is -0.134. The molecule has 2 amide bonds. The monoisotopic (exact) mass is 354 g/mol. The third-order valence-corrected chi connectivity index (χ3v) is 4.21. The highest BCUT2D eigenvalue weighted by atomic mass is 79.9. The zero-order valence-corrected chi connectivity index (χ0v) is 13.3. The first kappa shape index (κ1) is 16.0. The molecule has 0 heterocycles. The van der Waals surface area contributed by atoms with Crippen molar-refractivity contribution < 1.29 is 14.7 Å². The second-order valence-corrected chi connectivity index (χ2v) is 6.00. The largest absolute Gasteiger partial charge is 0.395 e. The molecule has 1 aromatic carbocycles. The van der Waals surface area contributed by atoms with Crippen molar-refractivity contribution in [2.75, 3.05) is 19.7 Å². The van der Waals surface area contributed by atoms with E-state index in [-0.39, 0.29) is 31.0 Å². The molecule has 5 nitrogen and oxygen atoms in total. The van der Waals surface area contributed by atoms with E-state index in [1.807, 2.05) is 0 Å². The number of rotatable bonds is 6. The van der Waals surface area contributed by atoms with Gasteiger partial charge in [-0.2, -0.15) is 0 Å². The number of halogens is 1. The topological polar surface area (TPSA) is 69.6 Å². The molecule has 1 aromatic rings.